The Labute approximate surface area is 105 Å². The minimum absolute atomic E-state index is 0.768. The molecule has 0 radical (unpaired) electrons. The van der Waals surface area contributed by atoms with Gasteiger partial charge in [0.2, 0.25) is 5.69 Å². The number of pyridine rings is 1. The lowest BCUT2D eigenvalue weighted by molar-refractivity contribution is -0.615. The molecule has 0 fully saturated rings. The highest BCUT2D eigenvalue weighted by Crippen LogP contribution is 2.21. The van der Waals surface area contributed by atoms with E-state index in [2.05, 4.69) is 19.9 Å². The summed E-state index contributed by atoms with van der Waals surface area (Å²) >= 11 is 0. The zero-order valence-electron chi connectivity index (χ0n) is 11.4. The van der Waals surface area contributed by atoms with Crippen LogP contribution in [0.2, 0.25) is 0 Å². The van der Waals surface area contributed by atoms with Gasteiger partial charge < -0.3 is 5.21 Å². The number of aromatic nitrogens is 1. The third-order valence-corrected chi connectivity index (χ3v) is 2.97. The van der Waals surface area contributed by atoms with Gasteiger partial charge in [-0.05, 0) is 25.8 Å². The van der Waals surface area contributed by atoms with Crippen molar-refractivity contribution in [2.75, 3.05) is 0 Å². The highest BCUT2D eigenvalue weighted by molar-refractivity contribution is 5.63. The molecule has 1 heterocycles. The van der Waals surface area contributed by atoms with E-state index in [9.17, 15) is 5.21 Å². The first-order chi connectivity index (χ1) is 8.11. The van der Waals surface area contributed by atoms with Gasteiger partial charge in [0.25, 0.3) is 0 Å². The second-order valence-corrected chi connectivity index (χ2v) is 4.57. The molecular weight excluding hydrogens is 210 g/mol. The van der Waals surface area contributed by atoms with Gasteiger partial charge in [0.05, 0.1) is 0 Å². The van der Waals surface area contributed by atoms with Crippen LogP contribution in [0.4, 0.5) is 0 Å². The topological polar surface area (TPSA) is 26.9 Å². The monoisotopic (exact) mass is 233 g/mol. The lowest BCUT2D eigenvalue weighted by atomic mass is 10.0. The molecule has 17 heavy (non-hydrogen) atoms. The molecule has 94 valence electrons. The van der Waals surface area contributed by atoms with Crippen LogP contribution in [-0.4, -0.2) is 0 Å². The number of allylic oxidation sites excluding steroid dienone is 2. The summed E-state index contributed by atoms with van der Waals surface area (Å²) in [4.78, 5) is 0. The average Bonchev–Trinajstić information content (AvgIpc) is 2.31. The van der Waals surface area contributed by atoms with Gasteiger partial charge in [-0.25, -0.2) is 0 Å². The van der Waals surface area contributed by atoms with Crippen LogP contribution in [0.25, 0.3) is 5.57 Å². The minimum atomic E-state index is 0.768. The van der Waals surface area contributed by atoms with Crippen molar-refractivity contribution in [2.24, 2.45) is 0 Å². The summed E-state index contributed by atoms with van der Waals surface area (Å²) in [6.07, 6.45) is 6.44. The summed E-state index contributed by atoms with van der Waals surface area (Å²) < 4.78 is 1.08. The molecule has 0 aromatic carbocycles. The van der Waals surface area contributed by atoms with E-state index in [-0.39, 0.29) is 0 Å². The molecule has 2 heteroatoms. The maximum atomic E-state index is 12.1. The van der Waals surface area contributed by atoms with Crippen molar-refractivity contribution in [1.29, 1.82) is 0 Å². The molecule has 0 amide bonds. The average molecular weight is 233 g/mol. The van der Waals surface area contributed by atoms with Gasteiger partial charge in [0.1, 0.15) is 0 Å². The first-order valence-corrected chi connectivity index (χ1v) is 6.51. The van der Waals surface area contributed by atoms with Gasteiger partial charge in [0, 0.05) is 24.1 Å². The SMILES string of the molecule is CCC/C=C(\CCC)c1c(C)ccc(C)[n+]1[O-]. The van der Waals surface area contributed by atoms with E-state index in [1.807, 2.05) is 26.0 Å². The molecule has 2 nitrogen and oxygen atoms in total. The number of rotatable bonds is 5. The zero-order valence-corrected chi connectivity index (χ0v) is 11.4. The Morgan fingerprint density at radius 3 is 2.53 bits per heavy atom. The number of unbranched alkanes of at least 4 members (excludes halogenated alkanes) is 1. The molecule has 0 unspecified atom stereocenters. The van der Waals surface area contributed by atoms with Crippen molar-refractivity contribution < 1.29 is 4.73 Å². The third-order valence-electron chi connectivity index (χ3n) is 2.97. The largest absolute Gasteiger partial charge is 0.618 e. The lowest BCUT2D eigenvalue weighted by Crippen LogP contribution is -2.35. The van der Waals surface area contributed by atoms with Gasteiger partial charge in [-0.2, -0.15) is 4.73 Å². The Balaban J connectivity index is 3.22. The van der Waals surface area contributed by atoms with Crippen molar-refractivity contribution >= 4 is 5.57 Å². The van der Waals surface area contributed by atoms with E-state index in [4.69, 9.17) is 0 Å². The van der Waals surface area contributed by atoms with Crippen LogP contribution >= 0.6 is 0 Å². The molecule has 0 saturated heterocycles. The van der Waals surface area contributed by atoms with Crippen LogP contribution < -0.4 is 4.73 Å². The normalized spacial score (nSPS) is 11.9. The maximum absolute atomic E-state index is 12.1. The van der Waals surface area contributed by atoms with Gasteiger partial charge in [-0.15, -0.1) is 0 Å². The van der Waals surface area contributed by atoms with Gasteiger partial charge in [-0.1, -0.05) is 32.8 Å². The van der Waals surface area contributed by atoms with E-state index < -0.39 is 0 Å². The second kappa shape index (κ2) is 6.43. The summed E-state index contributed by atoms with van der Waals surface area (Å²) in [5.74, 6) is 0. The maximum Gasteiger partial charge on any atom is 0.222 e. The van der Waals surface area contributed by atoms with E-state index in [1.54, 1.807) is 0 Å². The Morgan fingerprint density at radius 2 is 1.94 bits per heavy atom. The van der Waals surface area contributed by atoms with Crippen LogP contribution in [0.5, 0.6) is 0 Å². The van der Waals surface area contributed by atoms with Crippen LogP contribution in [0.1, 0.15) is 56.5 Å². The zero-order chi connectivity index (χ0) is 12.8. The van der Waals surface area contributed by atoms with Crippen molar-refractivity contribution in [3.05, 3.63) is 40.4 Å². The Kier molecular flexibility index (Phi) is 5.20. The van der Waals surface area contributed by atoms with Crippen molar-refractivity contribution in [1.82, 2.24) is 0 Å². The van der Waals surface area contributed by atoms with Crippen molar-refractivity contribution in [3.63, 3.8) is 0 Å². The standard InChI is InChI=1S/C15H23NO/c1-5-7-9-14(8-6-2)15-12(3)10-11-13(4)16(15)17/h9-11H,5-8H2,1-4H3/b14-9+. The number of hydrogen-bond donors (Lipinski definition) is 0. The van der Waals surface area contributed by atoms with Crippen LogP contribution in [0.3, 0.4) is 0 Å². The number of hydrogen-bond acceptors (Lipinski definition) is 1. The highest BCUT2D eigenvalue weighted by Gasteiger charge is 2.16. The van der Waals surface area contributed by atoms with Crippen LogP contribution in [0.15, 0.2) is 18.2 Å². The summed E-state index contributed by atoms with van der Waals surface area (Å²) in [6, 6.07) is 3.92. The molecule has 0 aliphatic heterocycles. The number of aryl methyl sites for hydroxylation is 2. The summed E-state index contributed by atoms with van der Waals surface area (Å²) in [5.41, 5.74) is 3.90. The molecule has 0 bridgehead atoms. The molecule has 1 aromatic heterocycles. The first-order valence-electron chi connectivity index (χ1n) is 6.51. The third kappa shape index (κ3) is 3.32. The fraction of sp³-hybridized carbons (Fsp3) is 0.533. The molecule has 0 aliphatic rings. The molecule has 0 N–H and O–H groups in total. The van der Waals surface area contributed by atoms with Gasteiger partial charge in [0.15, 0.2) is 5.69 Å². The summed E-state index contributed by atoms with van der Waals surface area (Å²) in [7, 11) is 0. The molecule has 0 atom stereocenters. The predicted octanol–water partition coefficient (Wildman–Crippen LogP) is 3.92. The molecule has 0 saturated carbocycles. The van der Waals surface area contributed by atoms with Crippen LogP contribution in [-0.2, 0) is 0 Å². The molecule has 1 rings (SSSR count). The van der Waals surface area contributed by atoms with E-state index in [1.165, 1.54) is 5.57 Å². The molecule has 0 aliphatic carbocycles. The predicted molar refractivity (Wildman–Crippen MR) is 72.7 cm³/mol. The van der Waals surface area contributed by atoms with Gasteiger partial charge in [-0.3, -0.25) is 0 Å². The Bertz CT molecular complexity index is 408. The molecular formula is C15H23NO. The molecule has 1 aromatic rings. The molecule has 0 spiro atoms. The van der Waals surface area contributed by atoms with E-state index in [0.29, 0.717) is 0 Å². The summed E-state index contributed by atoms with van der Waals surface area (Å²) in [5, 5.41) is 12.1. The smallest absolute Gasteiger partial charge is 0.222 e. The second-order valence-electron chi connectivity index (χ2n) is 4.57. The van der Waals surface area contributed by atoms with Crippen molar-refractivity contribution in [2.45, 2.75) is 53.4 Å². The first kappa shape index (κ1) is 13.8. The quantitative estimate of drug-likeness (QED) is 0.559. The van der Waals surface area contributed by atoms with Crippen molar-refractivity contribution in [3.8, 4) is 0 Å². The number of nitrogens with zero attached hydrogens (tertiary/aromatic N) is 1. The van der Waals surface area contributed by atoms with Crippen LogP contribution in [0, 0.1) is 19.1 Å². The Morgan fingerprint density at radius 1 is 1.24 bits per heavy atom. The Hall–Kier alpha value is -1.31. The minimum Gasteiger partial charge on any atom is -0.618 e. The van der Waals surface area contributed by atoms with Gasteiger partial charge >= 0.3 is 0 Å². The highest BCUT2D eigenvalue weighted by atomic mass is 16.5. The fourth-order valence-electron chi connectivity index (χ4n) is 2.02. The lowest BCUT2D eigenvalue weighted by Gasteiger charge is -2.12. The van der Waals surface area contributed by atoms with E-state index in [0.717, 1.165) is 47.4 Å². The van der Waals surface area contributed by atoms with E-state index >= 15 is 0 Å². The summed E-state index contributed by atoms with van der Waals surface area (Å²) in [6.45, 7) is 8.19. The fourth-order valence-corrected chi connectivity index (χ4v) is 2.02.